The molecule has 1 atom stereocenters. The highest BCUT2D eigenvalue weighted by Crippen LogP contribution is 2.43. The van der Waals surface area contributed by atoms with Gasteiger partial charge in [-0.25, -0.2) is 0 Å². The lowest BCUT2D eigenvalue weighted by atomic mass is 9.87. The van der Waals surface area contributed by atoms with E-state index in [1.807, 2.05) is 36.4 Å². The Morgan fingerprint density at radius 1 is 0.930 bits per heavy atom. The molecule has 3 nitrogen and oxygen atoms in total. The number of phenols is 1. The summed E-state index contributed by atoms with van der Waals surface area (Å²) >= 11 is 6.73. The molecular formula is C36H40ClF3O3. The van der Waals surface area contributed by atoms with Crippen LogP contribution in [0.15, 0.2) is 72.8 Å². The van der Waals surface area contributed by atoms with E-state index in [1.54, 1.807) is 18.2 Å². The highest BCUT2D eigenvalue weighted by atomic mass is 35.5. The van der Waals surface area contributed by atoms with Gasteiger partial charge in [0, 0.05) is 6.42 Å². The molecule has 0 aromatic heterocycles. The van der Waals surface area contributed by atoms with Crippen LogP contribution in [0.4, 0.5) is 13.2 Å². The van der Waals surface area contributed by atoms with Crippen molar-refractivity contribution in [3.8, 4) is 17.2 Å². The zero-order valence-electron chi connectivity index (χ0n) is 24.9. The molecule has 230 valence electrons. The Kier molecular flexibility index (Phi) is 11.6. The van der Waals surface area contributed by atoms with E-state index in [0.29, 0.717) is 17.9 Å². The average molecular weight is 613 g/mol. The third-order valence-corrected chi connectivity index (χ3v) is 8.02. The molecule has 3 aromatic rings. The zero-order valence-corrected chi connectivity index (χ0v) is 25.6. The van der Waals surface area contributed by atoms with Crippen LogP contribution in [0.1, 0.15) is 87.5 Å². The maximum atomic E-state index is 13.9. The van der Waals surface area contributed by atoms with Crippen molar-refractivity contribution in [2.75, 3.05) is 6.67 Å². The van der Waals surface area contributed by atoms with Crippen molar-refractivity contribution >= 4 is 22.7 Å². The minimum absolute atomic E-state index is 0.0175. The minimum Gasteiger partial charge on any atom is -0.508 e. The molecule has 0 fully saturated rings. The van der Waals surface area contributed by atoms with Crippen LogP contribution in [0.3, 0.4) is 0 Å². The standard InChI is InChI=1S/C36H40ClF3O3/c1-3-28(12-8-6-5-7-9-22-38)42-29-17-14-25(15-18-29)35-31-20-16-27(41)23-26(31)11-10-13-33(35)32-21-19-30(24-34(32)37)43-36(39,40)4-2/h5-6,14-21,23-24,28,41H,3-4,7-13,22H2,1-2H3/b6-5+/t28-/m1/s1. The number of benzene rings is 3. The molecule has 7 heteroatoms. The number of ether oxygens (including phenoxy) is 2. The van der Waals surface area contributed by atoms with Gasteiger partial charge in [-0.2, -0.15) is 8.78 Å². The summed E-state index contributed by atoms with van der Waals surface area (Å²) in [5.74, 6) is 1.00. The second-order valence-electron chi connectivity index (χ2n) is 10.8. The normalized spacial score (nSPS) is 14.5. The van der Waals surface area contributed by atoms with Crippen LogP contribution in [0.25, 0.3) is 11.1 Å². The van der Waals surface area contributed by atoms with Gasteiger partial charge in [0.05, 0.1) is 17.8 Å². The van der Waals surface area contributed by atoms with Gasteiger partial charge in [0.2, 0.25) is 0 Å². The van der Waals surface area contributed by atoms with Crippen molar-refractivity contribution in [2.45, 2.75) is 83.8 Å². The Bertz CT molecular complexity index is 1420. The Hall–Kier alpha value is -3.38. The van der Waals surface area contributed by atoms with Crippen LogP contribution < -0.4 is 9.47 Å². The van der Waals surface area contributed by atoms with Crippen LogP contribution in [0, 0.1) is 0 Å². The molecule has 0 unspecified atom stereocenters. The Labute approximate surface area is 258 Å². The van der Waals surface area contributed by atoms with E-state index in [1.165, 1.54) is 19.1 Å². The van der Waals surface area contributed by atoms with E-state index in [2.05, 4.69) is 13.0 Å². The minimum atomic E-state index is -3.27. The lowest BCUT2D eigenvalue weighted by Crippen LogP contribution is -2.23. The summed E-state index contributed by atoms with van der Waals surface area (Å²) in [5.41, 5.74) is 5.75. The summed E-state index contributed by atoms with van der Waals surface area (Å²) in [6.45, 7) is 3.18. The second-order valence-corrected chi connectivity index (χ2v) is 11.2. The number of allylic oxidation sites excluding steroid dienone is 3. The maximum Gasteiger partial charge on any atom is 0.397 e. The maximum absolute atomic E-state index is 13.9. The molecule has 0 saturated carbocycles. The average Bonchev–Trinajstić information content (AvgIpc) is 3.17. The molecule has 0 bridgehead atoms. The van der Waals surface area contributed by atoms with Crippen LogP contribution in [-0.4, -0.2) is 24.0 Å². The zero-order chi connectivity index (χ0) is 30.8. The molecule has 3 aromatic carbocycles. The van der Waals surface area contributed by atoms with E-state index < -0.39 is 12.5 Å². The van der Waals surface area contributed by atoms with Gasteiger partial charge < -0.3 is 14.6 Å². The third-order valence-electron chi connectivity index (χ3n) is 7.70. The smallest absolute Gasteiger partial charge is 0.397 e. The number of hydrogen-bond donors (Lipinski definition) is 1. The fourth-order valence-corrected chi connectivity index (χ4v) is 5.66. The molecule has 0 radical (unpaired) electrons. The van der Waals surface area contributed by atoms with Gasteiger partial charge in [0.1, 0.15) is 17.2 Å². The molecule has 1 aliphatic carbocycles. The van der Waals surface area contributed by atoms with Gasteiger partial charge in [0.25, 0.3) is 0 Å². The molecule has 0 heterocycles. The van der Waals surface area contributed by atoms with Crippen LogP contribution in [-0.2, 0) is 6.42 Å². The summed E-state index contributed by atoms with van der Waals surface area (Å²) in [6, 6.07) is 18.2. The quantitative estimate of drug-likeness (QED) is 0.145. The summed E-state index contributed by atoms with van der Waals surface area (Å²) in [4.78, 5) is 0. The van der Waals surface area contributed by atoms with E-state index in [-0.39, 0.29) is 24.3 Å². The number of halogens is 4. The fraction of sp³-hybridized carbons (Fsp3) is 0.389. The molecular weight excluding hydrogens is 573 g/mol. The predicted molar refractivity (Wildman–Crippen MR) is 169 cm³/mol. The molecule has 0 amide bonds. The number of hydrogen-bond acceptors (Lipinski definition) is 3. The lowest BCUT2D eigenvalue weighted by molar-refractivity contribution is -0.177. The van der Waals surface area contributed by atoms with Crippen LogP contribution in [0.2, 0.25) is 5.02 Å². The van der Waals surface area contributed by atoms with Crippen molar-refractivity contribution in [1.29, 1.82) is 0 Å². The Morgan fingerprint density at radius 3 is 2.35 bits per heavy atom. The van der Waals surface area contributed by atoms with Crippen LogP contribution in [0.5, 0.6) is 17.2 Å². The van der Waals surface area contributed by atoms with Gasteiger partial charge in [-0.15, -0.1) is 0 Å². The SMILES string of the molecule is CC[C@H](CC/C=C/CCCF)Oc1ccc(C2=C(c3ccc(OC(F)(F)CC)cc3Cl)CCCc3cc(O)ccc32)cc1. The van der Waals surface area contributed by atoms with Gasteiger partial charge >= 0.3 is 6.11 Å². The van der Waals surface area contributed by atoms with Gasteiger partial charge in [-0.1, -0.05) is 55.8 Å². The van der Waals surface area contributed by atoms with Crippen LogP contribution >= 0.6 is 11.6 Å². The molecule has 0 aliphatic heterocycles. The molecule has 43 heavy (non-hydrogen) atoms. The first-order valence-corrected chi connectivity index (χ1v) is 15.5. The lowest BCUT2D eigenvalue weighted by Gasteiger charge is -2.20. The first-order valence-electron chi connectivity index (χ1n) is 15.1. The van der Waals surface area contributed by atoms with Crippen molar-refractivity contribution in [3.05, 3.63) is 100 Å². The van der Waals surface area contributed by atoms with E-state index >= 15 is 0 Å². The van der Waals surface area contributed by atoms with Gasteiger partial charge in [-0.3, -0.25) is 4.39 Å². The number of aromatic hydroxyl groups is 1. The van der Waals surface area contributed by atoms with E-state index in [4.69, 9.17) is 21.1 Å². The van der Waals surface area contributed by atoms with E-state index in [9.17, 15) is 18.3 Å². The molecule has 4 rings (SSSR count). The third kappa shape index (κ3) is 8.82. The largest absolute Gasteiger partial charge is 0.508 e. The predicted octanol–water partition coefficient (Wildman–Crippen LogP) is 11.0. The van der Waals surface area contributed by atoms with Gasteiger partial charge in [-0.05, 0) is 127 Å². The number of rotatable bonds is 14. The Morgan fingerprint density at radius 2 is 1.65 bits per heavy atom. The van der Waals surface area contributed by atoms with Crippen molar-refractivity contribution in [1.82, 2.24) is 0 Å². The Balaban J connectivity index is 1.66. The van der Waals surface area contributed by atoms with E-state index in [0.717, 1.165) is 77.7 Å². The number of aryl methyl sites for hydroxylation is 1. The first kappa shape index (κ1) is 32.5. The molecule has 1 N–H and O–H groups in total. The highest BCUT2D eigenvalue weighted by molar-refractivity contribution is 6.33. The summed E-state index contributed by atoms with van der Waals surface area (Å²) in [7, 11) is 0. The van der Waals surface area contributed by atoms with Crippen molar-refractivity contribution in [3.63, 3.8) is 0 Å². The highest BCUT2D eigenvalue weighted by Gasteiger charge is 2.29. The fourth-order valence-electron chi connectivity index (χ4n) is 5.37. The summed E-state index contributed by atoms with van der Waals surface area (Å²) in [5, 5.41) is 10.6. The monoisotopic (exact) mass is 612 g/mol. The number of phenolic OH excluding ortho intramolecular Hbond substituents is 1. The van der Waals surface area contributed by atoms with Crippen molar-refractivity contribution in [2.24, 2.45) is 0 Å². The molecule has 0 spiro atoms. The number of alkyl halides is 3. The number of unbranched alkanes of at least 4 members (excludes halogenated alkanes) is 1. The molecule has 1 aliphatic rings. The number of fused-ring (bicyclic) bond motifs is 1. The second kappa shape index (κ2) is 15.4. The van der Waals surface area contributed by atoms with Gasteiger partial charge in [0.15, 0.2) is 0 Å². The van der Waals surface area contributed by atoms with Crippen molar-refractivity contribution < 1.29 is 27.8 Å². The molecule has 0 saturated heterocycles. The summed E-state index contributed by atoms with van der Waals surface area (Å²) in [6.07, 6.45) is 6.74. The summed E-state index contributed by atoms with van der Waals surface area (Å²) < 4.78 is 51.3. The topological polar surface area (TPSA) is 38.7 Å². The first-order chi connectivity index (χ1) is 20.7.